The summed E-state index contributed by atoms with van der Waals surface area (Å²) in [7, 11) is 0. The highest BCUT2D eigenvalue weighted by molar-refractivity contribution is 5.50. The lowest BCUT2D eigenvalue weighted by atomic mass is 9.90. The molecule has 1 heterocycles. The van der Waals surface area contributed by atoms with Crippen LogP contribution in [-0.2, 0) is 5.41 Å². The predicted octanol–water partition coefficient (Wildman–Crippen LogP) is 4.44. The minimum atomic E-state index is 0.117. The van der Waals surface area contributed by atoms with Crippen molar-refractivity contribution >= 4 is 6.08 Å². The van der Waals surface area contributed by atoms with Crippen molar-refractivity contribution in [2.75, 3.05) is 0 Å². The number of aromatic nitrogens is 1. The van der Waals surface area contributed by atoms with Gasteiger partial charge in [-0.15, -0.1) is 0 Å². The van der Waals surface area contributed by atoms with E-state index >= 15 is 0 Å². The fourth-order valence-electron chi connectivity index (χ4n) is 1.31. The van der Waals surface area contributed by atoms with E-state index in [1.54, 1.807) is 0 Å². The summed E-state index contributed by atoms with van der Waals surface area (Å²) < 4.78 is 0. The zero-order valence-corrected chi connectivity index (χ0v) is 11.3. The molecule has 88 valence electrons. The predicted molar refractivity (Wildman–Crippen MR) is 71.4 cm³/mol. The van der Waals surface area contributed by atoms with E-state index in [1.165, 1.54) is 5.56 Å². The number of nitrogens with zero attached hydrogens (tertiary/aromatic N) is 1. The largest absolute Gasteiger partial charge is 0.261 e. The first-order chi connectivity index (χ1) is 7.18. The first kappa shape index (κ1) is 13.0. The van der Waals surface area contributed by atoms with Gasteiger partial charge in [0, 0.05) is 17.3 Å². The molecular formula is C15H23N. The second-order valence-corrected chi connectivity index (χ2v) is 6.42. The molecule has 16 heavy (non-hydrogen) atoms. The van der Waals surface area contributed by atoms with Gasteiger partial charge in [-0.05, 0) is 23.1 Å². The van der Waals surface area contributed by atoms with Crippen LogP contribution in [-0.4, -0.2) is 4.98 Å². The number of allylic oxidation sites excluding steroid dienone is 1. The highest BCUT2D eigenvalue weighted by Gasteiger charge is 2.14. The molecule has 0 unspecified atom stereocenters. The fraction of sp³-hybridized carbons (Fsp3) is 0.533. The van der Waals surface area contributed by atoms with Crippen molar-refractivity contribution in [2.45, 2.75) is 47.0 Å². The third-order valence-corrected chi connectivity index (χ3v) is 2.33. The summed E-state index contributed by atoms with van der Waals surface area (Å²) in [5.41, 5.74) is 2.72. The van der Waals surface area contributed by atoms with Crippen LogP contribution in [0.2, 0.25) is 0 Å². The Hall–Kier alpha value is -1.11. The van der Waals surface area contributed by atoms with E-state index in [2.05, 4.69) is 70.8 Å². The molecule has 0 radical (unpaired) electrons. The van der Waals surface area contributed by atoms with Gasteiger partial charge in [0.1, 0.15) is 0 Å². The molecule has 0 N–H and O–H groups in total. The summed E-state index contributed by atoms with van der Waals surface area (Å²) in [6.45, 7) is 13.2. The number of hydrogen-bond donors (Lipinski definition) is 0. The van der Waals surface area contributed by atoms with Crippen molar-refractivity contribution in [2.24, 2.45) is 5.41 Å². The first-order valence-corrected chi connectivity index (χ1v) is 5.84. The minimum Gasteiger partial charge on any atom is -0.261 e. The van der Waals surface area contributed by atoms with Gasteiger partial charge in [0.15, 0.2) is 0 Å². The standard InChI is InChI=1S/C15H23N/c1-14(2,3)9-7-12-8-10-16-13(11-12)15(4,5)6/h7-11H,1-6H3/b9-7+. The van der Waals surface area contributed by atoms with Crippen molar-refractivity contribution in [3.05, 3.63) is 35.7 Å². The maximum atomic E-state index is 4.42. The second kappa shape index (κ2) is 4.40. The molecule has 0 saturated carbocycles. The van der Waals surface area contributed by atoms with E-state index in [4.69, 9.17) is 0 Å². The van der Waals surface area contributed by atoms with Gasteiger partial charge >= 0.3 is 0 Å². The van der Waals surface area contributed by atoms with Crippen LogP contribution >= 0.6 is 0 Å². The molecule has 0 aliphatic rings. The maximum absolute atomic E-state index is 4.42. The molecule has 1 heteroatoms. The SMILES string of the molecule is CC(C)(C)/C=C/c1ccnc(C(C)(C)C)c1. The van der Waals surface area contributed by atoms with Crippen molar-refractivity contribution in [3.63, 3.8) is 0 Å². The fourth-order valence-corrected chi connectivity index (χ4v) is 1.31. The van der Waals surface area contributed by atoms with Gasteiger partial charge in [0.25, 0.3) is 0 Å². The summed E-state index contributed by atoms with van der Waals surface area (Å²) >= 11 is 0. The topological polar surface area (TPSA) is 12.9 Å². The van der Waals surface area contributed by atoms with E-state index in [1.807, 2.05) is 6.20 Å². The molecule has 1 aromatic rings. The van der Waals surface area contributed by atoms with Crippen LogP contribution < -0.4 is 0 Å². The molecule has 0 aliphatic carbocycles. The second-order valence-electron chi connectivity index (χ2n) is 6.42. The first-order valence-electron chi connectivity index (χ1n) is 5.84. The Morgan fingerprint density at radius 3 is 2.19 bits per heavy atom. The molecule has 0 aromatic carbocycles. The third-order valence-electron chi connectivity index (χ3n) is 2.33. The monoisotopic (exact) mass is 217 g/mol. The quantitative estimate of drug-likeness (QED) is 0.677. The summed E-state index contributed by atoms with van der Waals surface area (Å²) in [5.74, 6) is 0. The Balaban J connectivity index is 2.96. The number of hydrogen-bond acceptors (Lipinski definition) is 1. The van der Waals surface area contributed by atoms with Gasteiger partial charge in [-0.3, -0.25) is 4.98 Å². The maximum Gasteiger partial charge on any atom is 0.0462 e. The van der Waals surface area contributed by atoms with Crippen LogP contribution in [0.4, 0.5) is 0 Å². The Labute approximate surface area is 99.6 Å². The molecule has 0 spiro atoms. The third kappa shape index (κ3) is 4.18. The van der Waals surface area contributed by atoms with E-state index < -0.39 is 0 Å². The lowest BCUT2D eigenvalue weighted by Crippen LogP contribution is -2.13. The highest BCUT2D eigenvalue weighted by atomic mass is 14.7. The zero-order chi connectivity index (χ0) is 12.4. The summed E-state index contributed by atoms with van der Waals surface area (Å²) in [4.78, 5) is 4.42. The van der Waals surface area contributed by atoms with Crippen molar-refractivity contribution in [3.8, 4) is 0 Å². The van der Waals surface area contributed by atoms with Crippen molar-refractivity contribution in [1.82, 2.24) is 4.98 Å². The summed E-state index contributed by atoms with van der Waals surface area (Å²) in [6, 6.07) is 4.22. The molecule has 0 atom stereocenters. The molecule has 1 rings (SSSR count). The van der Waals surface area contributed by atoms with Gasteiger partial charge < -0.3 is 0 Å². The Morgan fingerprint density at radius 1 is 1.06 bits per heavy atom. The zero-order valence-electron chi connectivity index (χ0n) is 11.3. The Kier molecular flexibility index (Phi) is 3.57. The summed E-state index contributed by atoms with van der Waals surface area (Å²) in [6.07, 6.45) is 6.30. The van der Waals surface area contributed by atoms with Gasteiger partial charge in [0.2, 0.25) is 0 Å². The molecule has 0 amide bonds. The van der Waals surface area contributed by atoms with Gasteiger partial charge in [-0.2, -0.15) is 0 Å². The van der Waals surface area contributed by atoms with E-state index in [9.17, 15) is 0 Å². The van der Waals surface area contributed by atoms with Crippen molar-refractivity contribution < 1.29 is 0 Å². The van der Waals surface area contributed by atoms with Gasteiger partial charge in [-0.25, -0.2) is 0 Å². The molecular weight excluding hydrogens is 194 g/mol. The normalized spacial score (nSPS) is 13.4. The van der Waals surface area contributed by atoms with Gasteiger partial charge in [-0.1, -0.05) is 53.7 Å². The lowest BCUT2D eigenvalue weighted by molar-refractivity contribution is 0.547. The summed E-state index contributed by atoms with van der Waals surface area (Å²) in [5, 5.41) is 0. The lowest BCUT2D eigenvalue weighted by Gasteiger charge is -2.18. The molecule has 0 saturated heterocycles. The molecule has 0 bridgehead atoms. The van der Waals surface area contributed by atoms with Crippen LogP contribution in [0, 0.1) is 5.41 Å². The highest BCUT2D eigenvalue weighted by Crippen LogP contribution is 2.22. The van der Waals surface area contributed by atoms with Crippen molar-refractivity contribution in [1.29, 1.82) is 0 Å². The van der Waals surface area contributed by atoms with E-state index in [-0.39, 0.29) is 10.8 Å². The van der Waals surface area contributed by atoms with Crippen LogP contribution in [0.1, 0.15) is 52.8 Å². The minimum absolute atomic E-state index is 0.117. The number of rotatable bonds is 1. The smallest absolute Gasteiger partial charge is 0.0462 e. The molecule has 1 nitrogen and oxygen atoms in total. The Morgan fingerprint density at radius 2 is 1.69 bits per heavy atom. The molecule has 0 fully saturated rings. The average molecular weight is 217 g/mol. The van der Waals surface area contributed by atoms with E-state index in [0.717, 1.165) is 5.69 Å². The van der Waals surface area contributed by atoms with Crippen LogP contribution in [0.25, 0.3) is 6.08 Å². The Bertz CT molecular complexity index is 375. The van der Waals surface area contributed by atoms with Crippen LogP contribution in [0.15, 0.2) is 24.4 Å². The average Bonchev–Trinajstić information content (AvgIpc) is 2.13. The van der Waals surface area contributed by atoms with Gasteiger partial charge in [0.05, 0.1) is 0 Å². The molecule has 1 aromatic heterocycles. The molecule has 0 aliphatic heterocycles. The van der Waals surface area contributed by atoms with Crippen LogP contribution in [0.3, 0.4) is 0 Å². The number of pyridine rings is 1. The van der Waals surface area contributed by atoms with E-state index in [0.29, 0.717) is 0 Å². The van der Waals surface area contributed by atoms with Crippen LogP contribution in [0.5, 0.6) is 0 Å².